The van der Waals surface area contributed by atoms with Gasteiger partial charge in [0.2, 0.25) is 0 Å². The number of rotatable bonds is 5. The Bertz CT molecular complexity index is 413. The summed E-state index contributed by atoms with van der Waals surface area (Å²) < 4.78 is 24.0. The van der Waals surface area contributed by atoms with Crippen molar-refractivity contribution in [2.75, 3.05) is 12.0 Å². The maximum atomic E-state index is 12.9. The Morgan fingerprint density at radius 2 is 2.12 bits per heavy atom. The fraction of sp³-hybridized carbons (Fsp3) is 0.500. The summed E-state index contributed by atoms with van der Waals surface area (Å²) in [5.41, 5.74) is 0.849. The first kappa shape index (κ1) is 14.6. The number of halogens is 2. The lowest BCUT2D eigenvalue weighted by molar-refractivity contribution is 0.507. The largest absolute Gasteiger partial charge is 0.307 e. The quantitative estimate of drug-likeness (QED) is 0.897. The SMILES string of the molecule is CC(CS(C)=O)NC(C)c1ccc(F)cc1Cl. The molecule has 1 N–H and O–H groups in total. The normalized spacial score (nSPS) is 16.5. The van der Waals surface area contributed by atoms with Crippen LogP contribution in [0.25, 0.3) is 0 Å². The van der Waals surface area contributed by atoms with Crippen molar-refractivity contribution in [1.82, 2.24) is 5.32 Å². The van der Waals surface area contributed by atoms with Gasteiger partial charge in [0.1, 0.15) is 5.82 Å². The molecule has 0 aliphatic rings. The first-order chi connectivity index (χ1) is 7.90. The van der Waals surface area contributed by atoms with Gasteiger partial charge in [-0.3, -0.25) is 4.21 Å². The fourth-order valence-corrected chi connectivity index (χ4v) is 2.90. The summed E-state index contributed by atoms with van der Waals surface area (Å²) in [6, 6.07) is 4.49. The Hall–Kier alpha value is -0.450. The molecule has 0 amide bonds. The van der Waals surface area contributed by atoms with E-state index in [2.05, 4.69) is 5.32 Å². The van der Waals surface area contributed by atoms with Crippen molar-refractivity contribution < 1.29 is 8.60 Å². The van der Waals surface area contributed by atoms with E-state index in [0.717, 1.165) is 5.56 Å². The Balaban J connectivity index is 2.69. The van der Waals surface area contributed by atoms with E-state index in [-0.39, 0.29) is 17.9 Å². The van der Waals surface area contributed by atoms with Gasteiger partial charge in [0, 0.05) is 39.9 Å². The van der Waals surface area contributed by atoms with Gasteiger partial charge < -0.3 is 5.32 Å². The molecule has 5 heteroatoms. The molecule has 1 aromatic rings. The van der Waals surface area contributed by atoms with E-state index in [0.29, 0.717) is 10.8 Å². The summed E-state index contributed by atoms with van der Waals surface area (Å²) in [6.07, 6.45) is 1.67. The van der Waals surface area contributed by atoms with E-state index in [4.69, 9.17) is 11.6 Å². The molecule has 0 saturated heterocycles. The highest BCUT2D eigenvalue weighted by atomic mass is 35.5. The Kier molecular flexibility index (Phi) is 5.56. The van der Waals surface area contributed by atoms with E-state index in [1.807, 2.05) is 13.8 Å². The van der Waals surface area contributed by atoms with Crippen molar-refractivity contribution in [2.45, 2.75) is 25.9 Å². The van der Waals surface area contributed by atoms with Gasteiger partial charge in [0.25, 0.3) is 0 Å². The number of benzene rings is 1. The standard InChI is InChI=1S/C12H17ClFNOS/c1-8(7-17(3)16)15-9(2)11-5-4-10(14)6-12(11)13/h4-6,8-9,15H,7H2,1-3H3. The predicted molar refractivity (Wildman–Crippen MR) is 71.4 cm³/mol. The van der Waals surface area contributed by atoms with Crippen LogP contribution in [0.2, 0.25) is 5.02 Å². The van der Waals surface area contributed by atoms with Crippen LogP contribution in [0.4, 0.5) is 4.39 Å². The summed E-state index contributed by atoms with van der Waals surface area (Å²) in [5.74, 6) is 0.247. The Morgan fingerprint density at radius 1 is 1.47 bits per heavy atom. The number of hydrogen-bond donors (Lipinski definition) is 1. The van der Waals surface area contributed by atoms with Crippen LogP contribution in [-0.4, -0.2) is 22.3 Å². The average molecular weight is 278 g/mol. The Labute approximate surface area is 109 Å². The van der Waals surface area contributed by atoms with Crippen LogP contribution in [0.1, 0.15) is 25.5 Å². The van der Waals surface area contributed by atoms with E-state index < -0.39 is 10.8 Å². The highest BCUT2D eigenvalue weighted by Gasteiger charge is 2.13. The Morgan fingerprint density at radius 3 is 2.65 bits per heavy atom. The average Bonchev–Trinajstić information content (AvgIpc) is 2.15. The molecule has 0 spiro atoms. The minimum Gasteiger partial charge on any atom is -0.307 e. The summed E-state index contributed by atoms with van der Waals surface area (Å²) in [5, 5.41) is 3.70. The van der Waals surface area contributed by atoms with Crippen LogP contribution < -0.4 is 5.32 Å². The van der Waals surface area contributed by atoms with Gasteiger partial charge in [0.05, 0.1) is 0 Å². The molecule has 2 nitrogen and oxygen atoms in total. The van der Waals surface area contributed by atoms with E-state index in [9.17, 15) is 8.60 Å². The molecule has 3 unspecified atom stereocenters. The van der Waals surface area contributed by atoms with Gasteiger partial charge in [-0.15, -0.1) is 0 Å². The van der Waals surface area contributed by atoms with Crippen LogP contribution >= 0.6 is 11.6 Å². The monoisotopic (exact) mass is 277 g/mol. The minimum atomic E-state index is -0.833. The van der Waals surface area contributed by atoms with Gasteiger partial charge >= 0.3 is 0 Å². The molecule has 0 fully saturated rings. The second-order valence-corrected chi connectivity index (χ2v) is 6.08. The van der Waals surface area contributed by atoms with Gasteiger partial charge in [-0.05, 0) is 31.5 Å². The molecular formula is C12H17ClFNOS. The third kappa shape index (κ3) is 4.74. The zero-order valence-corrected chi connectivity index (χ0v) is 11.7. The topological polar surface area (TPSA) is 29.1 Å². The third-order valence-electron chi connectivity index (χ3n) is 2.45. The van der Waals surface area contributed by atoms with Crippen LogP contribution in [-0.2, 0) is 10.8 Å². The molecular weight excluding hydrogens is 261 g/mol. The molecule has 1 aromatic carbocycles. The molecule has 1 rings (SSSR count). The van der Waals surface area contributed by atoms with E-state index >= 15 is 0 Å². The summed E-state index contributed by atoms with van der Waals surface area (Å²) in [4.78, 5) is 0. The zero-order valence-electron chi connectivity index (χ0n) is 10.2. The van der Waals surface area contributed by atoms with Gasteiger partial charge in [-0.25, -0.2) is 4.39 Å². The first-order valence-corrected chi connectivity index (χ1v) is 7.51. The van der Waals surface area contributed by atoms with E-state index in [1.165, 1.54) is 12.1 Å². The molecule has 0 heterocycles. The molecule has 0 aromatic heterocycles. The number of nitrogens with one attached hydrogen (secondary N) is 1. The van der Waals surface area contributed by atoms with Crippen molar-refractivity contribution in [2.24, 2.45) is 0 Å². The molecule has 0 bridgehead atoms. The molecule has 3 atom stereocenters. The first-order valence-electron chi connectivity index (χ1n) is 5.41. The molecule has 0 aliphatic heterocycles. The van der Waals surface area contributed by atoms with Crippen molar-refractivity contribution in [3.8, 4) is 0 Å². The number of hydrogen-bond acceptors (Lipinski definition) is 2. The smallest absolute Gasteiger partial charge is 0.124 e. The highest BCUT2D eigenvalue weighted by Crippen LogP contribution is 2.23. The lowest BCUT2D eigenvalue weighted by atomic mass is 10.1. The molecule has 0 radical (unpaired) electrons. The summed E-state index contributed by atoms with van der Waals surface area (Å²) in [6.45, 7) is 3.92. The maximum absolute atomic E-state index is 12.9. The van der Waals surface area contributed by atoms with Crippen LogP contribution in [0.15, 0.2) is 18.2 Å². The highest BCUT2D eigenvalue weighted by molar-refractivity contribution is 7.84. The fourth-order valence-electron chi connectivity index (χ4n) is 1.77. The third-order valence-corrected chi connectivity index (χ3v) is 3.74. The van der Waals surface area contributed by atoms with Crippen molar-refractivity contribution in [3.05, 3.63) is 34.6 Å². The van der Waals surface area contributed by atoms with Crippen molar-refractivity contribution >= 4 is 22.4 Å². The minimum absolute atomic E-state index is 0.00153. The summed E-state index contributed by atoms with van der Waals surface area (Å²) in [7, 11) is -0.833. The van der Waals surface area contributed by atoms with Crippen LogP contribution in [0.3, 0.4) is 0 Å². The van der Waals surface area contributed by atoms with Gasteiger partial charge in [-0.2, -0.15) is 0 Å². The van der Waals surface area contributed by atoms with Gasteiger partial charge in [0.15, 0.2) is 0 Å². The predicted octanol–water partition coefficient (Wildman–Crippen LogP) is 2.90. The summed E-state index contributed by atoms with van der Waals surface area (Å²) >= 11 is 5.97. The van der Waals surface area contributed by atoms with Crippen LogP contribution in [0.5, 0.6) is 0 Å². The molecule has 0 saturated carbocycles. The maximum Gasteiger partial charge on any atom is 0.124 e. The van der Waals surface area contributed by atoms with Crippen molar-refractivity contribution in [1.29, 1.82) is 0 Å². The van der Waals surface area contributed by atoms with E-state index in [1.54, 1.807) is 12.3 Å². The molecule has 96 valence electrons. The second kappa shape index (κ2) is 6.47. The van der Waals surface area contributed by atoms with Crippen LogP contribution in [0, 0.1) is 5.82 Å². The lowest BCUT2D eigenvalue weighted by Crippen LogP contribution is -2.33. The zero-order chi connectivity index (χ0) is 13.0. The van der Waals surface area contributed by atoms with Gasteiger partial charge in [-0.1, -0.05) is 17.7 Å². The molecule has 0 aliphatic carbocycles. The lowest BCUT2D eigenvalue weighted by Gasteiger charge is -2.20. The second-order valence-electron chi connectivity index (χ2n) is 4.20. The molecule has 17 heavy (non-hydrogen) atoms. The van der Waals surface area contributed by atoms with Crippen molar-refractivity contribution in [3.63, 3.8) is 0 Å².